The average Bonchev–Trinajstić information content (AvgIpc) is 0.804. The van der Waals surface area contributed by atoms with Crippen molar-refractivity contribution in [2.24, 2.45) is 0 Å². The molecule has 0 bridgehead atoms. The molecule has 0 saturated heterocycles. The fourth-order valence-electron chi connectivity index (χ4n) is 14.3. The topological polar surface area (TPSA) is 13.0 Å². The molecule has 0 aliphatic carbocycles. The molecule has 17 aromatic rings. The summed E-state index contributed by atoms with van der Waals surface area (Å²) in [5.41, 5.74) is 31.9. The molecule has 106 heavy (non-hydrogen) atoms. The zero-order chi connectivity index (χ0) is 70.8. The number of anilines is 12. The highest BCUT2D eigenvalue weighted by molar-refractivity contribution is 5.86. The van der Waals surface area contributed by atoms with Crippen molar-refractivity contribution >= 4 is 68.2 Å². The second-order valence-corrected chi connectivity index (χ2v) is 26.5. The number of hydrogen-bond acceptors (Lipinski definition) is 4. The molecule has 0 aromatic heterocycles. The van der Waals surface area contributed by atoms with Crippen LogP contribution in [0.3, 0.4) is 0 Å². The molecule has 0 saturated carbocycles. The number of nitrogens with zero attached hydrogens (tertiary/aromatic N) is 4. The van der Waals surface area contributed by atoms with Crippen LogP contribution in [0.2, 0.25) is 0 Å². The van der Waals surface area contributed by atoms with Crippen molar-refractivity contribution in [3.8, 4) is 89.0 Å². The van der Waals surface area contributed by atoms with Crippen molar-refractivity contribution in [1.29, 1.82) is 0 Å². The number of rotatable bonds is 20. The smallest absolute Gasteiger partial charge is 0.0462 e. The Morgan fingerprint density at radius 1 is 0.0755 bits per heavy atom. The molecule has 0 fully saturated rings. The molecule has 502 valence electrons. The summed E-state index contributed by atoms with van der Waals surface area (Å²) >= 11 is 0. The van der Waals surface area contributed by atoms with E-state index in [1.807, 2.05) is 0 Å². The molecule has 0 spiro atoms. The predicted molar refractivity (Wildman–Crippen MR) is 449 cm³/mol. The predicted octanol–water partition coefficient (Wildman–Crippen LogP) is 28.9. The standard InChI is InChI=1S/C102H74N4/c1-7-19-75(20-8-1)77-31-35-79(36-32-77)83-43-59-95(60-44-83)103(91-23-11-3-12-24-91)99-67-51-87(52-68-99)89-55-71-101(72-56-89)105(93-27-15-5-16-28-93)97-63-47-85(48-64-97)81-39-41-82(42-40-81)86-49-65-98(66-50-86)106(94-29-17-6-18-30-94)102-73-57-90(58-74-102)88-53-69-100(70-54-88)104(92-25-13-4-14-26-92)96-61-45-84(46-62-96)80-37-33-78(34-38-80)76-21-9-2-10-22-76/h1-74H. The van der Waals surface area contributed by atoms with Crippen LogP contribution in [0.15, 0.2) is 449 Å². The lowest BCUT2D eigenvalue weighted by atomic mass is 9.99. The molecular weight excluding hydrogens is 1280 g/mol. The normalized spacial score (nSPS) is 11.0. The van der Waals surface area contributed by atoms with Gasteiger partial charge in [-0.25, -0.2) is 0 Å². The summed E-state index contributed by atoms with van der Waals surface area (Å²) in [7, 11) is 0. The third-order valence-corrected chi connectivity index (χ3v) is 19.9. The third kappa shape index (κ3) is 14.2. The Bertz CT molecular complexity index is 5310. The van der Waals surface area contributed by atoms with E-state index in [1.165, 1.54) is 44.5 Å². The first-order chi connectivity index (χ1) is 52.5. The first-order valence-electron chi connectivity index (χ1n) is 36.2. The van der Waals surface area contributed by atoms with Gasteiger partial charge in [-0.15, -0.1) is 0 Å². The lowest BCUT2D eigenvalue weighted by Gasteiger charge is -2.26. The van der Waals surface area contributed by atoms with E-state index < -0.39 is 0 Å². The number of benzene rings is 17. The molecule has 0 unspecified atom stereocenters. The average molecular weight is 1360 g/mol. The highest BCUT2D eigenvalue weighted by Gasteiger charge is 2.19. The van der Waals surface area contributed by atoms with Gasteiger partial charge in [0.2, 0.25) is 0 Å². The summed E-state index contributed by atoms with van der Waals surface area (Å²) in [5.74, 6) is 0. The molecule has 17 aromatic carbocycles. The largest absolute Gasteiger partial charge is 0.311 e. The number of hydrogen-bond donors (Lipinski definition) is 0. The molecule has 0 atom stereocenters. The molecule has 17 rings (SSSR count). The summed E-state index contributed by atoms with van der Waals surface area (Å²) in [6.45, 7) is 0. The van der Waals surface area contributed by atoms with Crippen LogP contribution in [-0.4, -0.2) is 0 Å². The van der Waals surface area contributed by atoms with E-state index in [9.17, 15) is 0 Å². The third-order valence-electron chi connectivity index (χ3n) is 19.9. The van der Waals surface area contributed by atoms with Gasteiger partial charge in [0.25, 0.3) is 0 Å². The Kier molecular flexibility index (Phi) is 18.6. The molecule has 0 heterocycles. The van der Waals surface area contributed by atoms with E-state index in [0.29, 0.717) is 0 Å². The zero-order valence-electron chi connectivity index (χ0n) is 58.5. The zero-order valence-corrected chi connectivity index (χ0v) is 58.5. The van der Waals surface area contributed by atoms with Crippen LogP contribution < -0.4 is 19.6 Å². The van der Waals surface area contributed by atoms with Crippen LogP contribution in [0.5, 0.6) is 0 Å². The van der Waals surface area contributed by atoms with Gasteiger partial charge < -0.3 is 19.6 Å². The van der Waals surface area contributed by atoms with Crippen molar-refractivity contribution in [2.75, 3.05) is 19.6 Å². The first kappa shape index (κ1) is 65.3. The van der Waals surface area contributed by atoms with E-state index in [2.05, 4.69) is 469 Å². The van der Waals surface area contributed by atoms with Crippen LogP contribution >= 0.6 is 0 Å². The van der Waals surface area contributed by atoms with Gasteiger partial charge in [-0.05, 0) is 235 Å². The molecule has 0 N–H and O–H groups in total. The van der Waals surface area contributed by atoms with Crippen molar-refractivity contribution in [3.05, 3.63) is 449 Å². The summed E-state index contributed by atoms with van der Waals surface area (Å²) < 4.78 is 0. The highest BCUT2D eigenvalue weighted by Crippen LogP contribution is 2.43. The van der Waals surface area contributed by atoms with Gasteiger partial charge in [0.05, 0.1) is 0 Å². The van der Waals surface area contributed by atoms with Gasteiger partial charge in [-0.3, -0.25) is 0 Å². The van der Waals surface area contributed by atoms with E-state index in [1.54, 1.807) is 0 Å². The minimum absolute atomic E-state index is 1.08. The summed E-state index contributed by atoms with van der Waals surface area (Å²) in [5, 5.41) is 0. The summed E-state index contributed by atoms with van der Waals surface area (Å²) in [6, 6.07) is 161. The van der Waals surface area contributed by atoms with Crippen LogP contribution in [0.4, 0.5) is 68.2 Å². The van der Waals surface area contributed by atoms with Gasteiger partial charge in [0.15, 0.2) is 0 Å². The molecule has 0 amide bonds. The van der Waals surface area contributed by atoms with E-state index in [0.717, 1.165) is 113 Å². The maximum Gasteiger partial charge on any atom is 0.0462 e. The van der Waals surface area contributed by atoms with Crippen molar-refractivity contribution in [2.45, 2.75) is 0 Å². The second-order valence-electron chi connectivity index (χ2n) is 26.5. The van der Waals surface area contributed by atoms with E-state index >= 15 is 0 Å². The molecular formula is C102H74N4. The van der Waals surface area contributed by atoms with Crippen molar-refractivity contribution < 1.29 is 0 Å². The van der Waals surface area contributed by atoms with Crippen LogP contribution in [0.25, 0.3) is 89.0 Å². The van der Waals surface area contributed by atoms with E-state index in [-0.39, 0.29) is 0 Å². The quantitative estimate of drug-likeness (QED) is 0.0754. The molecule has 0 radical (unpaired) electrons. The Morgan fingerprint density at radius 3 is 0.283 bits per heavy atom. The SMILES string of the molecule is c1ccc(-c2ccc(-c3ccc(N(c4ccccc4)c4ccc(-c5ccc(N(c6ccccc6)c6ccc(-c7ccc(-c8ccc(N(c9ccccc9)c9ccc(-c%10ccc(N(c%11ccccc%11)c%11ccc(-c%12ccc(-c%13ccccc%13)cc%12)cc%11)cc%10)cc9)cc8)cc7)cc6)cc5)cc4)cc3)cc2)cc1. The van der Waals surface area contributed by atoms with Crippen molar-refractivity contribution in [3.63, 3.8) is 0 Å². The summed E-state index contributed by atoms with van der Waals surface area (Å²) in [6.07, 6.45) is 0. The second kappa shape index (κ2) is 30.3. The molecule has 4 heteroatoms. The van der Waals surface area contributed by atoms with Crippen LogP contribution in [0, 0.1) is 0 Å². The van der Waals surface area contributed by atoms with Gasteiger partial charge in [-0.2, -0.15) is 0 Å². The Morgan fingerprint density at radius 2 is 0.160 bits per heavy atom. The first-order valence-corrected chi connectivity index (χ1v) is 36.2. The fraction of sp³-hybridized carbons (Fsp3) is 0. The molecule has 0 aliphatic rings. The van der Waals surface area contributed by atoms with Crippen molar-refractivity contribution in [1.82, 2.24) is 0 Å². The van der Waals surface area contributed by atoms with Gasteiger partial charge in [0.1, 0.15) is 0 Å². The Hall–Kier alpha value is -14.1. The minimum atomic E-state index is 1.08. The lowest BCUT2D eigenvalue weighted by molar-refractivity contribution is 1.28. The van der Waals surface area contributed by atoms with Crippen LogP contribution in [-0.2, 0) is 0 Å². The Balaban J connectivity index is 0.562. The minimum Gasteiger partial charge on any atom is -0.311 e. The van der Waals surface area contributed by atoms with Crippen LogP contribution in [0.1, 0.15) is 0 Å². The molecule has 4 nitrogen and oxygen atoms in total. The van der Waals surface area contributed by atoms with Gasteiger partial charge in [0, 0.05) is 68.2 Å². The molecule has 0 aliphatic heterocycles. The van der Waals surface area contributed by atoms with Gasteiger partial charge in [-0.1, -0.05) is 303 Å². The maximum atomic E-state index is 2.33. The Labute approximate surface area is 621 Å². The van der Waals surface area contributed by atoms with Gasteiger partial charge >= 0.3 is 0 Å². The summed E-state index contributed by atoms with van der Waals surface area (Å²) in [4.78, 5) is 9.30. The lowest BCUT2D eigenvalue weighted by Crippen LogP contribution is -2.10. The number of para-hydroxylation sites is 4. The highest BCUT2D eigenvalue weighted by atomic mass is 15.2. The fourth-order valence-corrected chi connectivity index (χ4v) is 14.3. The maximum absolute atomic E-state index is 2.33. The van der Waals surface area contributed by atoms with E-state index in [4.69, 9.17) is 0 Å². The monoisotopic (exact) mass is 1350 g/mol.